The first kappa shape index (κ1) is 38.8. The van der Waals surface area contributed by atoms with Crippen LogP contribution in [0.15, 0.2) is 146 Å². The summed E-state index contributed by atoms with van der Waals surface area (Å²) >= 11 is 0. The SMILES string of the molecule is [2H]C([2H])C1CC2CCc3ccc(nc3)-c3ccc(cc3)CCC3CC(CC(C([2H])([2H])C([2H])([2H])c4ccc(-c5cc(-c6ccc(C7([2H])CCC(C)(C)CC7)cc6)c(C)cn5)cc4)C3)C([2H])([2H])Cc3ccc(cc3)-c3ccc(cn3)CC([2H])([2H])C(C2)C1. The summed E-state index contributed by atoms with van der Waals surface area (Å²) in [5.74, 6) is -2.19. The number of pyridine rings is 3. The van der Waals surface area contributed by atoms with Gasteiger partial charge in [0.15, 0.2) is 0 Å². The Hall–Kier alpha value is -5.67. The van der Waals surface area contributed by atoms with E-state index in [2.05, 4.69) is 74.5 Å². The molecule has 0 spiro atoms. The number of aryl methyl sites for hydroxylation is 6. The van der Waals surface area contributed by atoms with Gasteiger partial charge in [-0.25, -0.2) is 0 Å². The third-order valence-electron chi connectivity index (χ3n) is 17.2. The summed E-state index contributed by atoms with van der Waals surface area (Å²) in [6, 6.07) is 41.7. The zero-order chi connectivity index (χ0) is 60.1. The summed E-state index contributed by atoms with van der Waals surface area (Å²) in [6.45, 7) is 5.63. The van der Waals surface area contributed by atoms with Crippen LogP contribution >= 0.6 is 0 Å². The maximum Gasteiger partial charge on any atom is 0.0708 e. The van der Waals surface area contributed by atoms with Crippen LogP contribution in [0.1, 0.15) is 177 Å². The summed E-state index contributed by atoms with van der Waals surface area (Å²) in [7, 11) is 0. The van der Waals surface area contributed by atoms with Crippen molar-refractivity contribution in [2.75, 3.05) is 0 Å². The van der Waals surface area contributed by atoms with Crippen LogP contribution in [0.25, 0.3) is 44.9 Å². The lowest BCUT2D eigenvalue weighted by Crippen LogP contribution is -2.24. The van der Waals surface area contributed by atoms with Crippen LogP contribution in [0.3, 0.4) is 0 Å². The highest BCUT2D eigenvalue weighted by molar-refractivity contribution is 5.73. The smallest absolute Gasteiger partial charge is 0.0708 e. The Morgan fingerprint density at radius 3 is 1.66 bits per heavy atom. The molecule has 7 aromatic rings. The molecule has 17 rings (SSSR count). The van der Waals surface area contributed by atoms with Crippen LogP contribution in [-0.4, -0.2) is 15.0 Å². The van der Waals surface area contributed by atoms with Gasteiger partial charge in [0.1, 0.15) is 0 Å². The lowest BCUT2D eigenvalue weighted by molar-refractivity contribution is 0.172. The maximum atomic E-state index is 9.81. The van der Waals surface area contributed by atoms with Gasteiger partial charge in [-0.05, 0) is 250 Å². The van der Waals surface area contributed by atoms with E-state index in [0.29, 0.717) is 32.1 Å². The third kappa shape index (κ3) is 12.9. The van der Waals surface area contributed by atoms with E-state index in [0.717, 1.165) is 130 Å². The molecule has 3 heteroatoms. The number of hydrogen-bond acceptors (Lipinski definition) is 3. The van der Waals surface area contributed by atoms with Crippen molar-refractivity contribution in [3.05, 3.63) is 185 Å². The number of nitrogens with zero attached hydrogens (tertiary/aromatic N) is 3. The molecule has 3 nitrogen and oxygen atoms in total. The van der Waals surface area contributed by atoms with Gasteiger partial charge in [0.25, 0.3) is 0 Å². The molecule has 3 fully saturated rings. The Morgan fingerprint density at radius 1 is 0.527 bits per heavy atom. The summed E-state index contributed by atoms with van der Waals surface area (Å²) in [5, 5.41) is 0. The molecule has 10 aliphatic rings. The van der Waals surface area contributed by atoms with Gasteiger partial charge in [0, 0.05) is 50.4 Å². The Bertz CT molecular complexity index is 3390. The van der Waals surface area contributed by atoms with E-state index < -0.39 is 50.1 Å². The average molecular weight is 990 g/mol. The molecule has 382 valence electrons. The highest BCUT2D eigenvalue weighted by Gasteiger charge is 2.30. The number of aromatic nitrogens is 3. The quantitative estimate of drug-likeness (QED) is 0.167. The fourth-order valence-electron chi connectivity index (χ4n) is 12.5. The Balaban J connectivity index is 0.837. The minimum absolute atomic E-state index is 0.0514. The Labute approximate surface area is 461 Å². The molecule has 6 unspecified atom stereocenters. The van der Waals surface area contributed by atoms with Crippen molar-refractivity contribution in [3.63, 3.8) is 0 Å². The molecule has 0 radical (unpaired) electrons. The zero-order valence-electron chi connectivity index (χ0n) is 55.1. The fraction of sp³-hybridized carbons (Fsp3) is 0.451. The predicted molar refractivity (Wildman–Crippen MR) is 310 cm³/mol. The van der Waals surface area contributed by atoms with Crippen molar-refractivity contribution in [2.45, 2.75) is 162 Å². The average Bonchev–Trinajstić information content (AvgIpc) is 2.94. The molecule has 4 aliphatic heterocycles. The lowest BCUT2D eigenvalue weighted by Gasteiger charge is -2.35. The normalized spacial score (nSPS) is 28.1. The van der Waals surface area contributed by atoms with E-state index in [1.54, 1.807) is 18.3 Å². The number of rotatable bonds is 6. The van der Waals surface area contributed by atoms with E-state index in [1.807, 2.05) is 73.9 Å². The molecule has 0 amide bonds. The second-order valence-corrected chi connectivity index (χ2v) is 23.4. The van der Waals surface area contributed by atoms with Crippen molar-refractivity contribution in [2.24, 2.45) is 40.9 Å². The molecule has 7 heterocycles. The first-order valence-electron chi connectivity index (χ1n) is 33.6. The van der Waals surface area contributed by atoms with Crippen molar-refractivity contribution >= 4 is 0 Å². The monoisotopic (exact) mass is 989 g/mol. The highest BCUT2D eigenvalue weighted by atomic mass is 14.7. The second-order valence-electron chi connectivity index (χ2n) is 23.4. The summed E-state index contributed by atoms with van der Waals surface area (Å²) < 4.78 is 103. The number of hydrogen-bond donors (Lipinski definition) is 0. The van der Waals surface area contributed by atoms with Gasteiger partial charge in [-0.2, -0.15) is 0 Å². The lowest BCUT2D eigenvalue weighted by atomic mass is 9.70. The van der Waals surface area contributed by atoms with Gasteiger partial charge in [0.05, 0.1) is 17.1 Å². The van der Waals surface area contributed by atoms with Crippen molar-refractivity contribution in [1.82, 2.24) is 15.0 Å². The minimum atomic E-state index is -2.41. The summed E-state index contributed by atoms with van der Waals surface area (Å²) in [4.78, 5) is 14.4. The zero-order valence-corrected chi connectivity index (χ0v) is 44.1. The van der Waals surface area contributed by atoms with E-state index in [1.165, 1.54) is 0 Å². The van der Waals surface area contributed by atoms with Gasteiger partial charge in [-0.3, -0.25) is 15.0 Å². The summed E-state index contributed by atoms with van der Waals surface area (Å²) in [6.07, 6.45) is 7.83. The van der Waals surface area contributed by atoms with Crippen LogP contribution in [0.2, 0.25) is 0 Å². The van der Waals surface area contributed by atoms with Gasteiger partial charge >= 0.3 is 0 Å². The molecule has 3 saturated carbocycles. The molecule has 0 N–H and O–H groups in total. The van der Waals surface area contributed by atoms with Crippen LogP contribution in [-0.2, 0) is 32.1 Å². The standard InChI is InChI=1S/C71H83N3/c1-49-39-56-13-8-54-21-33-68(73-47-54)64-23-15-51(16-24-64)5-10-58-42-59(11-6-52-17-25-65(26-18-52)69-34-22-55(48-74-69)9-14-57(40-49)41-56)44-60(43-58)12-7-53-19-27-66(28-20-53)70-45-67(50(2)46-72-70)63-31-29-61(30-32-63)62-35-37-71(3,4)38-36-62/h15-34,45-49,56-60,62H,5-14,35-44H2,1-4H3/i1D2,7D2,10D2,12D2,13D2,62D. The van der Waals surface area contributed by atoms with E-state index in [4.69, 9.17) is 17.7 Å². The molecule has 6 atom stereocenters. The second kappa shape index (κ2) is 23.1. The van der Waals surface area contributed by atoms with Crippen LogP contribution in [0, 0.1) is 47.8 Å². The van der Waals surface area contributed by atoms with E-state index in [-0.39, 0.29) is 53.9 Å². The van der Waals surface area contributed by atoms with Gasteiger partial charge in [-0.15, -0.1) is 0 Å². The first-order valence-corrected chi connectivity index (χ1v) is 27.9. The van der Waals surface area contributed by atoms with Crippen molar-refractivity contribution < 1.29 is 15.1 Å². The molecular formula is C71H83N3. The first-order chi connectivity index (χ1) is 40.3. The van der Waals surface area contributed by atoms with Crippen molar-refractivity contribution in [3.8, 4) is 44.9 Å². The van der Waals surface area contributed by atoms with Gasteiger partial charge in [-0.1, -0.05) is 130 Å². The topological polar surface area (TPSA) is 38.7 Å². The molecule has 0 saturated heterocycles. The largest absolute Gasteiger partial charge is 0.256 e. The Kier molecular flexibility index (Phi) is 12.1. The molecule has 6 aliphatic carbocycles. The van der Waals surface area contributed by atoms with Gasteiger partial charge < -0.3 is 0 Å². The Morgan fingerprint density at radius 2 is 1.03 bits per heavy atom. The minimum Gasteiger partial charge on any atom is -0.256 e. The highest BCUT2D eigenvalue weighted by Crippen LogP contribution is 2.44. The van der Waals surface area contributed by atoms with Crippen LogP contribution in [0.5, 0.6) is 0 Å². The van der Waals surface area contributed by atoms with E-state index in [9.17, 15) is 12.3 Å². The van der Waals surface area contributed by atoms with Crippen LogP contribution < -0.4 is 0 Å². The predicted octanol–water partition coefficient (Wildman–Crippen LogP) is 18.7. The fourth-order valence-corrected chi connectivity index (χ4v) is 12.5. The van der Waals surface area contributed by atoms with Gasteiger partial charge in [0.2, 0.25) is 0 Å². The molecule has 4 aromatic carbocycles. The maximum absolute atomic E-state index is 9.81. The van der Waals surface area contributed by atoms with E-state index >= 15 is 0 Å². The van der Waals surface area contributed by atoms with Crippen molar-refractivity contribution in [1.29, 1.82) is 0 Å². The summed E-state index contributed by atoms with van der Waals surface area (Å²) in [5.41, 5.74) is 13.4. The number of benzene rings is 4. The molecule has 74 heavy (non-hydrogen) atoms. The third-order valence-corrected chi connectivity index (χ3v) is 17.2. The molecular weight excluding hydrogens is 895 g/mol. The molecule has 3 aromatic heterocycles. The molecule has 12 bridgehead atoms. The van der Waals surface area contributed by atoms with Crippen LogP contribution in [0.4, 0.5) is 0 Å².